The van der Waals surface area contributed by atoms with E-state index in [1.165, 1.54) is 29.2 Å². The van der Waals surface area contributed by atoms with Crippen LogP contribution in [-0.4, -0.2) is 23.4 Å². The zero-order valence-corrected chi connectivity index (χ0v) is 16.6. The molecule has 30 heavy (non-hydrogen) atoms. The molecule has 1 saturated heterocycles. The predicted octanol–water partition coefficient (Wildman–Crippen LogP) is 3.66. The molecule has 0 bridgehead atoms. The van der Waals surface area contributed by atoms with E-state index in [4.69, 9.17) is 0 Å². The molecule has 1 saturated carbocycles. The Morgan fingerprint density at radius 1 is 0.933 bits per heavy atom. The molecular weight excluding hydrogens is 385 g/mol. The van der Waals surface area contributed by atoms with Gasteiger partial charge in [-0.25, -0.2) is 9.82 Å². The van der Waals surface area contributed by atoms with Gasteiger partial charge >= 0.3 is 0 Å². The van der Waals surface area contributed by atoms with Crippen LogP contribution in [0.3, 0.4) is 0 Å². The first-order valence-corrected chi connectivity index (χ1v) is 10.0. The minimum atomic E-state index is -0.443. The fourth-order valence-electron chi connectivity index (χ4n) is 4.13. The fourth-order valence-corrected chi connectivity index (χ4v) is 4.13. The summed E-state index contributed by atoms with van der Waals surface area (Å²) in [7, 11) is 0. The number of imide groups is 1. The molecule has 1 heterocycles. The Bertz CT molecular complexity index is 991. The first-order valence-electron chi connectivity index (χ1n) is 10.0. The third kappa shape index (κ3) is 3.75. The van der Waals surface area contributed by atoms with Gasteiger partial charge in [0, 0.05) is 5.56 Å². The molecule has 1 aliphatic carbocycles. The van der Waals surface area contributed by atoms with E-state index in [0.717, 1.165) is 31.2 Å². The quantitative estimate of drug-likeness (QED) is 0.477. The summed E-state index contributed by atoms with van der Waals surface area (Å²) >= 11 is 0. The largest absolute Gasteiger partial charge is 0.274 e. The summed E-state index contributed by atoms with van der Waals surface area (Å²) in [5, 5.41) is 4.09. The molecule has 2 aromatic rings. The van der Waals surface area contributed by atoms with Gasteiger partial charge in [-0.3, -0.25) is 19.3 Å². The van der Waals surface area contributed by atoms with Crippen LogP contribution in [-0.2, 0) is 9.59 Å². The standard InChI is InChI=1S/C23H22FN3O3/c1-14(25-26-21(28)16-6-10-17(24)11-7-16)15-8-12-18(13-9-15)27-22(29)19-4-2-3-5-20(19)23(27)30/h6-13,19-20H,2-5H2,1H3,(H,26,28)/b25-14-/t19-,20-/m0/s1. The number of carbonyl (C=O) groups is 3. The third-order valence-electron chi connectivity index (χ3n) is 5.82. The second-order valence-corrected chi connectivity index (χ2v) is 7.70. The van der Waals surface area contributed by atoms with Crippen LogP contribution in [0.5, 0.6) is 0 Å². The van der Waals surface area contributed by atoms with Gasteiger partial charge in [0.05, 0.1) is 23.2 Å². The van der Waals surface area contributed by atoms with Crippen LogP contribution in [0.1, 0.15) is 48.5 Å². The van der Waals surface area contributed by atoms with Crippen molar-refractivity contribution in [3.05, 3.63) is 65.5 Å². The van der Waals surface area contributed by atoms with Gasteiger partial charge in [0.15, 0.2) is 0 Å². The van der Waals surface area contributed by atoms with Crippen molar-refractivity contribution < 1.29 is 18.8 Å². The lowest BCUT2D eigenvalue weighted by Gasteiger charge is -2.19. The smallest absolute Gasteiger partial charge is 0.271 e. The van der Waals surface area contributed by atoms with Crippen molar-refractivity contribution in [1.29, 1.82) is 0 Å². The molecule has 0 spiro atoms. The summed E-state index contributed by atoms with van der Waals surface area (Å²) in [6.45, 7) is 1.74. The number of benzene rings is 2. The van der Waals surface area contributed by atoms with Crippen molar-refractivity contribution >= 4 is 29.1 Å². The van der Waals surface area contributed by atoms with Crippen molar-refractivity contribution in [2.45, 2.75) is 32.6 Å². The topological polar surface area (TPSA) is 78.8 Å². The van der Waals surface area contributed by atoms with Crippen molar-refractivity contribution in [3.8, 4) is 0 Å². The summed E-state index contributed by atoms with van der Waals surface area (Å²) in [5.74, 6) is -1.43. The molecule has 1 N–H and O–H groups in total. The Kier molecular flexibility index (Phi) is 5.44. The number of halogens is 1. The number of anilines is 1. The molecule has 0 unspecified atom stereocenters. The Hall–Kier alpha value is -3.35. The molecule has 154 valence electrons. The minimum Gasteiger partial charge on any atom is -0.274 e. The van der Waals surface area contributed by atoms with Crippen LogP contribution < -0.4 is 10.3 Å². The van der Waals surface area contributed by atoms with E-state index < -0.39 is 11.7 Å². The number of nitrogens with zero attached hydrogens (tertiary/aromatic N) is 2. The number of nitrogens with one attached hydrogen (secondary N) is 1. The molecule has 3 amide bonds. The number of rotatable bonds is 4. The molecule has 2 aromatic carbocycles. The number of hydrogen-bond acceptors (Lipinski definition) is 4. The van der Waals surface area contributed by atoms with Gasteiger partial charge in [-0.2, -0.15) is 5.10 Å². The normalized spacial score (nSPS) is 21.5. The molecule has 7 heteroatoms. The lowest BCUT2D eigenvalue weighted by atomic mass is 9.81. The average Bonchev–Trinajstić information content (AvgIpc) is 3.03. The highest BCUT2D eigenvalue weighted by Crippen LogP contribution is 2.40. The number of fused-ring (bicyclic) bond motifs is 1. The number of hydrogen-bond donors (Lipinski definition) is 1. The van der Waals surface area contributed by atoms with Crippen LogP contribution in [0.25, 0.3) is 0 Å². The van der Waals surface area contributed by atoms with E-state index in [-0.39, 0.29) is 23.7 Å². The van der Waals surface area contributed by atoms with Crippen molar-refractivity contribution in [2.24, 2.45) is 16.9 Å². The zero-order chi connectivity index (χ0) is 21.3. The molecular formula is C23H22FN3O3. The van der Waals surface area contributed by atoms with Gasteiger partial charge in [0.1, 0.15) is 5.82 Å². The van der Waals surface area contributed by atoms with Gasteiger partial charge in [-0.1, -0.05) is 25.0 Å². The summed E-state index contributed by atoms with van der Waals surface area (Å²) in [6.07, 6.45) is 3.55. The Morgan fingerprint density at radius 2 is 1.47 bits per heavy atom. The maximum absolute atomic E-state index is 13.0. The SMILES string of the molecule is C/C(=N/NC(=O)c1ccc(F)cc1)c1ccc(N2C(=O)[C@H]3CCCC[C@@H]3C2=O)cc1. The molecule has 6 nitrogen and oxygen atoms in total. The van der Waals surface area contributed by atoms with E-state index >= 15 is 0 Å². The van der Waals surface area contributed by atoms with Crippen LogP contribution in [0, 0.1) is 17.7 Å². The highest BCUT2D eigenvalue weighted by atomic mass is 19.1. The molecule has 1 aliphatic heterocycles. The van der Waals surface area contributed by atoms with Crippen LogP contribution in [0.2, 0.25) is 0 Å². The second kappa shape index (κ2) is 8.18. The van der Waals surface area contributed by atoms with Gasteiger partial charge in [-0.15, -0.1) is 0 Å². The average molecular weight is 407 g/mol. The minimum absolute atomic E-state index is 0.102. The number of hydrazone groups is 1. The molecule has 2 fully saturated rings. The maximum Gasteiger partial charge on any atom is 0.271 e. The van der Waals surface area contributed by atoms with E-state index in [9.17, 15) is 18.8 Å². The first kappa shape index (κ1) is 19.9. The summed E-state index contributed by atoms with van der Waals surface area (Å²) in [4.78, 5) is 38.8. The highest BCUT2D eigenvalue weighted by molar-refractivity contribution is 6.22. The third-order valence-corrected chi connectivity index (χ3v) is 5.82. The first-order chi connectivity index (χ1) is 14.5. The van der Waals surface area contributed by atoms with Crippen LogP contribution >= 0.6 is 0 Å². The van der Waals surface area contributed by atoms with Gasteiger partial charge in [0.2, 0.25) is 11.8 Å². The Morgan fingerprint density at radius 3 is 2.03 bits per heavy atom. The van der Waals surface area contributed by atoms with Gasteiger partial charge in [-0.05, 0) is 61.7 Å². The molecule has 2 atom stereocenters. The molecule has 0 radical (unpaired) electrons. The highest BCUT2D eigenvalue weighted by Gasteiger charge is 2.48. The summed E-state index contributed by atoms with van der Waals surface area (Å²) < 4.78 is 13.0. The summed E-state index contributed by atoms with van der Waals surface area (Å²) in [6, 6.07) is 12.2. The Labute approximate surface area is 173 Å². The number of carbonyl (C=O) groups excluding carboxylic acids is 3. The zero-order valence-electron chi connectivity index (χ0n) is 16.6. The van der Waals surface area contributed by atoms with Crippen molar-refractivity contribution in [1.82, 2.24) is 5.43 Å². The molecule has 4 rings (SSSR count). The predicted molar refractivity (Wildman–Crippen MR) is 110 cm³/mol. The monoisotopic (exact) mass is 407 g/mol. The number of amides is 3. The fraction of sp³-hybridized carbons (Fsp3) is 0.304. The van der Waals surface area contributed by atoms with Crippen molar-refractivity contribution in [2.75, 3.05) is 4.90 Å². The second-order valence-electron chi connectivity index (χ2n) is 7.70. The van der Waals surface area contributed by atoms with E-state index in [1.807, 2.05) is 0 Å². The van der Waals surface area contributed by atoms with Gasteiger partial charge in [0.25, 0.3) is 5.91 Å². The lowest BCUT2D eigenvalue weighted by Crippen LogP contribution is -2.30. The Balaban J connectivity index is 1.46. The van der Waals surface area contributed by atoms with E-state index in [0.29, 0.717) is 17.0 Å². The van der Waals surface area contributed by atoms with E-state index in [1.54, 1.807) is 31.2 Å². The lowest BCUT2D eigenvalue weighted by molar-refractivity contribution is -0.122. The van der Waals surface area contributed by atoms with E-state index in [2.05, 4.69) is 10.5 Å². The molecule has 2 aliphatic rings. The van der Waals surface area contributed by atoms with Crippen molar-refractivity contribution in [3.63, 3.8) is 0 Å². The van der Waals surface area contributed by atoms with Gasteiger partial charge < -0.3 is 0 Å². The molecule has 0 aromatic heterocycles. The summed E-state index contributed by atoms with van der Waals surface area (Å²) in [5.41, 5.74) is 4.61. The maximum atomic E-state index is 13.0. The van der Waals surface area contributed by atoms with Crippen LogP contribution in [0.15, 0.2) is 53.6 Å². The van der Waals surface area contributed by atoms with Crippen LogP contribution in [0.4, 0.5) is 10.1 Å².